The quantitative estimate of drug-likeness (QED) is 0.846. The fraction of sp³-hybridized carbons (Fsp3) is 0.444. The number of carbonyl (C=O) groups excluding carboxylic acids is 1. The Morgan fingerprint density at radius 2 is 2.09 bits per heavy atom. The van der Waals surface area contributed by atoms with Crippen LogP contribution < -0.4 is 0 Å². The number of aromatic nitrogens is 2. The molecule has 0 saturated heterocycles. The van der Waals surface area contributed by atoms with Crippen LogP contribution in [0.25, 0.3) is 5.69 Å². The zero-order valence-electron chi connectivity index (χ0n) is 13.7. The highest BCUT2D eigenvalue weighted by Gasteiger charge is 2.32. The van der Waals surface area contributed by atoms with E-state index in [2.05, 4.69) is 11.4 Å². The summed E-state index contributed by atoms with van der Waals surface area (Å²) < 4.78 is 1.82. The van der Waals surface area contributed by atoms with Crippen LogP contribution >= 0.6 is 11.8 Å². The van der Waals surface area contributed by atoms with Gasteiger partial charge in [0, 0.05) is 24.5 Å². The number of hydrogen-bond donors (Lipinski definition) is 0. The SMILES string of the molecule is CS[C@H]1CCC[C@H]1N(C)C(=O)Cc1ccn(-c2ccccc2)n1. The third-order valence-electron chi connectivity index (χ3n) is 4.61. The number of amides is 1. The van der Waals surface area contributed by atoms with Crippen molar-refractivity contribution < 1.29 is 4.79 Å². The van der Waals surface area contributed by atoms with Gasteiger partial charge >= 0.3 is 0 Å². The maximum Gasteiger partial charge on any atom is 0.228 e. The van der Waals surface area contributed by atoms with E-state index in [-0.39, 0.29) is 5.91 Å². The maximum atomic E-state index is 12.6. The molecule has 2 atom stereocenters. The van der Waals surface area contributed by atoms with Crippen molar-refractivity contribution in [3.05, 3.63) is 48.3 Å². The molecular formula is C18H23N3OS. The second-order valence-corrected chi connectivity index (χ2v) is 7.12. The summed E-state index contributed by atoms with van der Waals surface area (Å²) in [6.07, 6.45) is 7.98. The minimum absolute atomic E-state index is 0.161. The van der Waals surface area contributed by atoms with Crippen LogP contribution in [-0.2, 0) is 11.2 Å². The number of hydrogen-bond acceptors (Lipinski definition) is 3. The number of rotatable bonds is 5. The van der Waals surface area contributed by atoms with Crippen molar-refractivity contribution >= 4 is 17.7 Å². The van der Waals surface area contributed by atoms with Crippen molar-refractivity contribution in [1.82, 2.24) is 14.7 Å². The number of thioether (sulfide) groups is 1. The lowest BCUT2D eigenvalue weighted by Crippen LogP contribution is -2.41. The Balaban J connectivity index is 1.65. The first-order valence-corrected chi connectivity index (χ1v) is 9.36. The predicted molar refractivity (Wildman–Crippen MR) is 95.0 cm³/mol. The van der Waals surface area contributed by atoms with E-state index >= 15 is 0 Å². The van der Waals surface area contributed by atoms with Gasteiger partial charge in [-0.2, -0.15) is 16.9 Å². The number of likely N-dealkylation sites (N-methyl/N-ethyl adjacent to an activating group) is 1. The molecular weight excluding hydrogens is 306 g/mol. The van der Waals surface area contributed by atoms with E-state index in [9.17, 15) is 4.79 Å². The Labute approximate surface area is 141 Å². The smallest absolute Gasteiger partial charge is 0.228 e. The molecule has 1 aromatic carbocycles. The molecule has 1 amide bonds. The summed E-state index contributed by atoms with van der Waals surface area (Å²) >= 11 is 1.88. The van der Waals surface area contributed by atoms with Gasteiger partial charge in [-0.25, -0.2) is 4.68 Å². The largest absolute Gasteiger partial charge is 0.341 e. The summed E-state index contributed by atoms with van der Waals surface area (Å²) in [5.74, 6) is 0.161. The summed E-state index contributed by atoms with van der Waals surface area (Å²) in [5.41, 5.74) is 1.84. The van der Waals surface area contributed by atoms with Crippen molar-refractivity contribution in [2.24, 2.45) is 0 Å². The molecule has 4 nitrogen and oxygen atoms in total. The molecule has 1 heterocycles. The molecule has 122 valence electrons. The van der Waals surface area contributed by atoms with Gasteiger partial charge in [0.05, 0.1) is 17.8 Å². The lowest BCUT2D eigenvalue weighted by molar-refractivity contribution is -0.131. The second kappa shape index (κ2) is 7.21. The fourth-order valence-electron chi connectivity index (χ4n) is 3.27. The fourth-order valence-corrected chi connectivity index (χ4v) is 4.30. The van der Waals surface area contributed by atoms with Gasteiger partial charge in [-0.05, 0) is 37.3 Å². The monoisotopic (exact) mass is 329 g/mol. The lowest BCUT2D eigenvalue weighted by Gasteiger charge is -2.28. The van der Waals surface area contributed by atoms with Crippen LogP contribution in [0.5, 0.6) is 0 Å². The van der Waals surface area contributed by atoms with Gasteiger partial charge in [0.15, 0.2) is 0 Å². The zero-order valence-corrected chi connectivity index (χ0v) is 14.5. The minimum atomic E-state index is 0.161. The molecule has 1 aliphatic carbocycles. The average Bonchev–Trinajstić information content (AvgIpc) is 3.23. The van der Waals surface area contributed by atoms with Crippen molar-refractivity contribution in [3.63, 3.8) is 0 Å². The highest BCUT2D eigenvalue weighted by Crippen LogP contribution is 2.31. The van der Waals surface area contributed by atoms with Crippen LogP contribution in [0.1, 0.15) is 25.0 Å². The van der Waals surface area contributed by atoms with Crippen molar-refractivity contribution in [2.45, 2.75) is 37.0 Å². The Morgan fingerprint density at radius 1 is 1.30 bits per heavy atom. The second-order valence-electron chi connectivity index (χ2n) is 6.04. The highest BCUT2D eigenvalue weighted by molar-refractivity contribution is 7.99. The van der Waals surface area contributed by atoms with E-state index in [0.717, 1.165) is 17.8 Å². The van der Waals surface area contributed by atoms with Crippen LogP contribution in [0, 0.1) is 0 Å². The zero-order chi connectivity index (χ0) is 16.2. The van der Waals surface area contributed by atoms with Gasteiger partial charge in [0.1, 0.15) is 0 Å². The molecule has 2 aromatic rings. The first-order valence-electron chi connectivity index (χ1n) is 8.07. The number of para-hydroxylation sites is 1. The van der Waals surface area contributed by atoms with E-state index in [4.69, 9.17) is 0 Å². The Morgan fingerprint density at radius 3 is 2.83 bits per heavy atom. The van der Waals surface area contributed by atoms with Crippen LogP contribution in [0.2, 0.25) is 0 Å². The highest BCUT2D eigenvalue weighted by atomic mass is 32.2. The number of benzene rings is 1. The van der Waals surface area contributed by atoms with Gasteiger partial charge < -0.3 is 4.90 Å². The molecule has 23 heavy (non-hydrogen) atoms. The number of nitrogens with zero attached hydrogens (tertiary/aromatic N) is 3. The molecule has 0 N–H and O–H groups in total. The van der Waals surface area contributed by atoms with Crippen molar-refractivity contribution in [3.8, 4) is 5.69 Å². The normalized spacial score (nSPS) is 20.6. The molecule has 0 spiro atoms. The van der Waals surface area contributed by atoms with Gasteiger partial charge in [-0.1, -0.05) is 24.6 Å². The minimum Gasteiger partial charge on any atom is -0.341 e. The van der Waals surface area contributed by atoms with Crippen LogP contribution in [-0.4, -0.2) is 45.2 Å². The van der Waals surface area contributed by atoms with Crippen molar-refractivity contribution in [2.75, 3.05) is 13.3 Å². The number of carbonyl (C=O) groups is 1. The maximum absolute atomic E-state index is 12.6. The van der Waals surface area contributed by atoms with E-state index < -0.39 is 0 Å². The van der Waals surface area contributed by atoms with E-state index in [1.54, 1.807) is 0 Å². The molecule has 1 fully saturated rings. The van der Waals surface area contributed by atoms with Crippen LogP contribution in [0.4, 0.5) is 0 Å². The lowest BCUT2D eigenvalue weighted by atomic mass is 10.2. The summed E-state index contributed by atoms with van der Waals surface area (Å²) in [6, 6.07) is 12.3. The van der Waals surface area contributed by atoms with E-state index in [1.807, 2.05) is 71.0 Å². The Hall–Kier alpha value is -1.75. The molecule has 0 unspecified atom stereocenters. The van der Waals surface area contributed by atoms with Crippen LogP contribution in [0.15, 0.2) is 42.6 Å². The van der Waals surface area contributed by atoms with Gasteiger partial charge in [0.25, 0.3) is 0 Å². The van der Waals surface area contributed by atoms with Crippen LogP contribution in [0.3, 0.4) is 0 Å². The van der Waals surface area contributed by atoms with E-state index in [0.29, 0.717) is 17.7 Å². The molecule has 1 aliphatic rings. The molecule has 0 bridgehead atoms. The first-order chi connectivity index (χ1) is 11.2. The summed E-state index contributed by atoms with van der Waals surface area (Å²) in [7, 11) is 1.94. The van der Waals surface area contributed by atoms with Gasteiger partial charge in [0.2, 0.25) is 5.91 Å². The first kappa shape index (κ1) is 16.1. The van der Waals surface area contributed by atoms with Crippen molar-refractivity contribution in [1.29, 1.82) is 0 Å². The van der Waals surface area contributed by atoms with E-state index in [1.165, 1.54) is 12.8 Å². The third-order valence-corrected chi connectivity index (χ3v) is 5.76. The molecule has 1 saturated carbocycles. The summed E-state index contributed by atoms with van der Waals surface area (Å²) in [4.78, 5) is 14.5. The summed E-state index contributed by atoms with van der Waals surface area (Å²) in [5, 5.41) is 5.11. The summed E-state index contributed by atoms with van der Waals surface area (Å²) in [6.45, 7) is 0. The predicted octanol–water partition coefficient (Wildman–Crippen LogP) is 3.16. The molecule has 1 aromatic heterocycles. The average molecular weight is 329 g/mol. The Kier molecular flexibility index (Phi) is 5.06. The Bertz CT molecular complexity index is 655. The van der Waals surface area contributed by atoms with Gasteiger partial charge in [-0.15, -0.1) is 0 Å². The third kappa shape index (κ3) is 3.61. The molecule has 5 heteroatoms. The van der Waals surface area contributed by atoms with Gasteiger partial charge in [-0.3, -0.25) is 4.79 Å². The molecule has 0 aliphatic heterocycles. The molecule has 3 rings (SSSR count). The standard InChI is InChI=1S/C18H23N3OS/c1-20(16-9-6-10-17(16)23-2)18(22)13-14-11-12-21(19-14)15-7-4-3-5-8-15/h3-5,7-8,11-12,16-17H,6,9-10,13H2,1-2H3/t16-,17+/m1/s1. The topological polar surface area (TPSA) is 38.1 Å². The molecule has 0 radical (unpaired) electrons.